The van der Waals surface area contributed by atoms with Gasteiger partial charge in [0.25, 0.3) is 5.56 Å². The smallest absolute Gasteiger partial charge is 0.300 e. The lowest BCUT2D eigenvalue weighted by Gasteiger charge is -2.10. The molecular formula is C21H14N6O2S2. The van der Waals surface area contributed by atoms with Gasteiger partial charge in [-0.05, 0) is 12.1 Å². The van der Waals surface area contributed by atoms with Gasteiger partial charge in [-0.1, -0.05) is 54.2 Å². The highest BCUT2D eigenvalue weighted by molar-refractivity contribution is 7.99. The van der Waals surface area contributed by atoms with E-state index >= 15 is 0 Å². The van der Waals surface area contributed by atoms with Crippen molar-refractivity contribution in [3.05, 3.63) is 76.5 Å². The number of nitrogens with zero attached hydrogens (tertiary/aromatic N) is 5. The maximum absolute atomic E-state index is 12.7. The van der Waals surface area contributed by atoms with Crippen molar-refractivity contribution >= 4 is 50.7 Å². The van der Waals surface area contributed by atoms with Gasteiger partial charge in [-0.15, -0.1) is 11.3 Å². The van der Waals surface area contributed by atoms with E-state index in [1.165, 1.54) is 27.6 Å². The predicted octanol–water partition coefficient (Wildman–Crippen LogP) is 3.49. The Morgan fingerprint density at radius 3 is 2.68 bits per heavy atom. The number of hydrogen-bond acceptors (Lipinski definition) is 8. The number of para-hydroxylation sites is 1. The molecule has 0 spiro atoms. The van der Waals surface area contributed by atoms with Crippen molar-refractivity contribution in [1.29, 1.82) is 0 Å². The summed E-state index contributed by atoms with van der Waals surface area (Å²) in [4.78, 5) is 38.1. The van der Waals surface area contributed by atoms with Crippen LogP contribution in [0.25, 0.3) is 27.8 Å². The van der Waals surface area contributed by atoms with Crippen molar-refractivity contribution in [2.24, 2.45) is 0 Å². The molecule has 152 valence electrons. The Morgan fingerprint density at radius 1 is 1.06 bits per heavy atom. The molecule has 1 N–H and O–H groups in total. The number of anilines is 1. The standard InChI is InChI=1S/C21H14N6O2S2/c28-16(24-20-22-10-11-30-20)12-31-21-23-15-9-5-4-8-14(15)18-25-19(29)17(26-27(18)21)13-6-2-1-3-7-13/h1-11H,12H2,(H,22,24,28). The average Bonchev–Trinajstić information content (AvgIpc) is 3.30. The summed E-state index contributed by atoms with van der Waals surface area (Å²) in [6.45, 7) is 0. The summed E-state index contributed by atoms with van der Waals surface area (Å²) in [5.74, 6) is -0.102. The third-order valence-electron chi connectivity index (χ3n) is 4.41. The zero-order valence-corrected chi connectivity index (χ0v) is 17.6. The van der Waals surface area contributed by atoms with E-state index in [-0.39, 0.29) is 17.4 Å². The van der Waals surface area contributed by atoms with Crippen molar-refractivity contribution in [2.45, 2.75) is 5.16 Å². The molecule has 0 saturated heterocycles. The van der Waals surface area contributed by atoms with Crippen molar-refractivity contribution in [3.63, 3.8) is 0 Å². The number of carbonyl (C=O) groups is 1. The van der Waals surface area contributed by atoms with E-state index in [4.69, 9.17) is 0 Å². The fraction of sp³-hybridized carbons (Fsp3) is 0.0476. The van der Waals surface area contributed by atoms with E-state index in [1.807, 2.05) is 42.5 Å². The minimum atomic E-state index is -0.417. The number of rotatable bonds is 5. The molecule has 0 radical (unpaired) electrons. The van der Waals surface area contributed by atoms with E-state index in [1.54, 1.807) is 23.7 Å². The van der Waals surface area contributed by atoms with Crippen molar-refractivity contribution in [2.75, 3.05) is 11.1 Å². The number of hydrogen-bond donors (Lipinski definition) is 1. The Hall–Kier alpha value is -3.63. The number of thioether (sulfide) groups is 1. The van der Waals surface area contributed by atoms with Crippen LogP contribution in [0.1, 0.15) is 0 Å². The monoisotopic (exact) mass is 446 g/mol. The van der Waals surface area contributed by atoms with Gasteiger partial charge in [0.1, 0.15) is 0 Å². The molecule has 3 heterocycles. The van der Waals surface area contributed by atoms with E-state index in [9.17, 15) is 9.59 Å². The molecule has 0 atom stereocenters. The number of nitrogens with one attached hydrogen (secondary N) is 1. The lowest BCUT2D eigenvalue weighted by Crippen LogP contribution is -2.19. The summed E-state index contributed by atoms with van der Waals surface area (Å²) < 4.78 is 1.54. The second-order valence-electron chi connectivity index (χ2n) is 6.45. The van der Waals surface area contributed by atoms with E-state index < -0.39 is 5.56 Å². The summed E-state index contributed by atoms with van der Waals surface area (Å²) >= 11 is 2.56. The second-order valence-corrected chi connectivity index (χ2v) is 8.29. The van der Waals surface area contributed by atoms with Gasteiger partial charge < -0.3 is 5.32 Å². The number of thiazole rings is 1. The first-order valence-electron chi connectivity index (χ1n) is 9.26. The first-order valence-corrected chi connectivity index (χ1v) is 11.1. The van der Waals surface area contributed by atoms with Crippen LogP contribution in [0, 0.1) is 0 Å². The fourth-order valence-electron chi connectivity index (χ4n) is 3.05. The molecule has 1 amide bonds. The number of fused-ring (bicyclic) bond motifs is 3. The number of aromatic nitrogens is 5. The van der Waals surface area contributed by atoms with Crippen LogP contribution in [0.5, 0.6) is 0 Å². The van der Waals surface area contributed by atoms with Crippen LogP contribution in [0.2, 0.25) is 0 Å². The van der Waals surface area contributed by atoms with Crippen LogP contribution in [0.3, 0.4) is 0 Å². The Morgan fingerprint density at radius 2 is 1.87 bits per heavy atom. The van der Waals surface area contributed by atoms with Gasteiger partial charge in [-0.3, -0.25) is 9.59 Å². The van der Waals surface area contributed by atoms with Crippen molar-refractivity contribution < 1.29 is 4.79 Å². The molecule has 0 aliphatic heterocycles. The molecule has 0 fully saturated rings. The van der Waals surface area contributed by atoms with Gasteiger partial charge in [0, 0.05) is 22.5 Å². The number of amides is 1. The summed E-state index contributed by atoms with van der Waals surface area (Å²) in [5.41, 5.74) is 1.55. The summed E-state index contributed by atoms with van der Waals surface area (Å²) in [6.07, 6.45) is 1.63. The lowest BCUT2D eigenvalue weighted by molar-refractivity contribution is -0.113. The fourth-order valence-corrected chi connectivity index (χ4v) is 4.34. The molecular weight excluding hydrogens is 432 g/mol. The second kappa shape index (κ2) is 8.25. The molecule has 0 unspecified atom stereocenters. The van der Waals surface area contributed by atoms with Crippen LogP contribution in [-0.2, 0) is 4.79 Å². The minimum Gasteiger partial charge on any atom is -0.301 e. The van der Waals surface area contributed by atoms with E-state index in [0.717, 1.165) is 0 Å². The summed E-state index contributed by atoms with van der Waals surface area (Å²) in [6, 6.07) is 16.6. The highest BCUT2D eigenvalue weighted by Gasteiger charge is 2.16. The Balaban J connectivity index is 1.59. The molecule has 0 aliphatic rings. The zero-order chi connectivity index (χ0) is 21.2. The first kappa shape index (κ1) is 19.3. The molecule has 31 heavy (non-hydrogen) atoms. The van der Waals surface area contributed by atoms with Crippen LogP contribution in [-0.4, -0.2) is 36.2 Å². The Bertz CT molecular complexity index is 1450. The van der Waals surface area contributed by atoms with E-state index in [0.29, 0.717) is 32.4 Å². The maximum Gasteiger partial charge on any atom is 0.300 e. The van der Waals surface area contributed by atoms with Gasteiger partial charge in [-0.2, -0.15) is 14.6 Å². The molecule has 5 aromatic rings. The van der Waals surface area contributed by atoms with Crippen LogP contribution in [0.4, 0.5) is 5.13 Å². The van der Waals surface area contributed by atoms with Crippen molar-refractivity contribution in [3.8, 4) is 11.3 Å². The quantitative estimate of drug-likeness (QED) is 0.250. The van der Waals surface area contributed by atoms with Gasteiger partial charge in [0.05, 0.1) is 11.3 Å². The topological polar surface area (TPSA) is 102 Å². The number of carbonyl (C=O) groups excluding carboxylic acids is 1. The largest absolute Gasteiger partial charge is 0.301 e. The lowest BCUT2D eigenvalue weighted by atomic mass is 10.2. The maximum atomic E-state index is 12.7. The van der Waals surface area contributed by atoms with Crippen LogP contribution < -0.4 is 10.9 Å². The zero-order valence-electron chi connectivity index (χ0n) is 15.9. The molecule has 10 heteroatoms. The molecule has 5 rings (SSSR count). The van der Waals surface area contributed by atoms with Crippen LogP contribution in [0.15, 0.2) is 76.1 Å². The summed E-state index contributed by atoms with van der Waals surface area (Å²) in [7, 11) is 0. The van der Waals surface area contributed by atoms with Gasteiger partial charge in [-0.25, -0.2) is 9.97 Å². The molecule has 0 saturated carbocycles. The molecule has 0 bridgehead atoms. The van der Waals surface area contributed by atoms with Gasteiger partial charge in [0.15, 0.2) is 21.6 Å². The third-order valence-corrected chi connectivity index (χ3v) is 6.03. The van der Waals surface area contributed by atoms with Gasteiger partial charge >= 0.3 is 0 Å². The molecule has 0 aliphatic carbocycles. The Kier molecular flexibility index (Phi) is 5.14. The van der Waals surface area contributed by atoms with Crippen LogP contribution >= 0.6 is 23.1 Å². The van der Waals surface area contributed by atoms with Gasteiger partial charge in [0.2, 0.25) is 5.91 Å². The number of benzene rings is 2. The highest BCUT2D eigenvalue weighted by Crippen LogP contribution is 2.24. The van der Waals surface area contributed by atoms with E-state index in [2.05, 4.69) is 25.4 Å². The Labute approximate surface area is 184 Å². The molecule has 2 aromatic carbocycles. The average molecular weight is 447 g/mol. The normalized spacial score (nSPS) is 11.1. The molecule has 8 nitrogen and oxygen atoms in total. The highest BCUT2D eigenvalue weighted by atomic mass is 32.2. The minimum absolute atomic E-state index is 0.106. The van der Waals surface area contributed by atoms with Crippen molar-refractivity contribution in [1.82, 2.24) is 24.6 Å². The third kappa shape index (κ3) is 3.90. The SMILES string of the molecule is O=C(CSc1nc2ccccc2c2nc(=O)c(-c3ccccc3)nn12)Nc1nccs1. The first-order chi connectivity index (χ1) is 15.2. The molecule has 3 aromatic heterocycles. The summed E-state index contributed by atoms with van der Waals surface area (Å²) in [5, 5.41) is 10.8. The predicted molar refractivity (Wildman–Crippen MR) is 121 cm³/mol.